The van der Waals surface area contributed by atoms with E-state index < -0.39 is 5.97 Å². The standard InChI is InChI=1S/C26H30N8O4S/c1-3-36-24(35)18-12-29-25(30-13-18)33(2)15-19-10-20-22(39-19)14-31-26(32-20)34-7-9-37-21(16-34)17-4-5-23(28-11-17)38-8-6-27/h4-5,10-14,21H,3,6-9,15-16,27H2,1-2H3. The molecule has 204 valence electrons. The Morgan fingerprint density at radius 1 is 1.21 bits per heavy atom. The molecule has 1 saturated heterocycles. The van der Waals surface area contributed by atoms with Crippen molar-refractivity contribution in [1.82, 2.24) is 24.9 Å². The van der Waals surface area contributed by atoms with Gasteiger partial charge in [-0.15, -0.1) is 11.3 Å². The number of nitrogens with two attached hydrogens (primary N) is 1. The lowest BCUT2D eigenvalue weighted by molar-refractivity contribution is 0.0389. The number of pyridine rings is 1. The smallest absolute Gasteiger partial charge is 0.341 e. The van der Waals surface area contributed by atoms with Crippen molar-refractivity contribution in [3.05, 3.63) is 59.0 Å². The van der Waals surface area contributed by atoms with E-state index in [0.717, 1.165) is 20.7 Å². The van der Waals surface area contributed by atoms with Crippen LogP contribution in [0.15, 0.2) is 43.0 Å². The fraction of sp³-hybridized carbons (Fsp3) is 0.385. The van der Waals surface area contributed by atoms with Crippen LogP contribution in [0.4, 0.5) is 11.9 Å². The molecule has 0 amide bonds. The third-order valence-corrected chi connectivity index (χ3v) is 7.08. The maximum absolute atomic E-state index is 11.8. The number of nitrogens with zero attached hydrogens (tertiary/aromatic N) is 7. The van der Waals surface area contributed by atoms with Crippen molar-refractivity contribution in [3.8, 4) is 5.88 Å². The van der Waals surface area contributed by atoms with E-state index in [1.807, 2.05) is 30.3 Å². The number of hydrogen-bond donors (Lipinski definition) is 1. The molecule has 1 unspecified atom stereocenters. The number of aromatic nitrogens is 5. The van der Waals surface area contributed by atoms with Crippen LogP contribution in [0.2, 0.25) is 0 Å². The first-order valence-electron chi connectivity index (χ1n) is 12.6. The second kappa shape index (κ2) is 12.3. The molecule has 0 aliphatic carbocycles. The van der Waals surface area contributed by atoms with Crippen LogP contribution in [0, 0.1) is 0 Å². The van der Waals surface area contributed by atoms with Gasteiger partial charge in [0.2, 0.25) is 17.8 Å². The van der Waals surface area contributed by atoms with E-state index in [4.69, 9.17) is 24.9 Å². The minimum atomic E-state index is -0.431. The van der Waals surface area contributed by atoms with Crippen LogP contribution in [-0.4, -0.2) is 77.4 Å². The molecule has 0 saturated carbocycles. The summed E-state index contributed by atoms with van der Waals surface area (Å²) in [5.41, 5.74) is 7.67. The molecular formula is C26H30N8O4S. The molecule has 5 heterocycles. The Labute approximate surface area is 229 Å². The second-order valence-corrected chi connectivity index (χ2v) is 10.0. The Kier molecular flexibility index (Phi) is 8.39. The Balaban J connectivity index is 1.24. The summed E-state index contributed by atoms with van der Waals surface area (Å²) < 4.78 is 17.5. The average Bonchev–Trinajstić information content (AvgIpc) is 3.38. The Morgan fingerprint density at radius 3 is 2.79 bits per heavy atom. The zero-order chi connectivity index (χ0) is 27.2. The second-order valence-electron chi connectivity index (χ2n) is 8.85. The third-order valence-electron chi connectivity index (χ3n) is 6.04. The van der Waals surface area contributed by atoms with E-state index in [9.17, 15) is 4.79 Å². The molecule has 5 rings (SSSR count). The van der Waals surface area contributed by atoms with Crippen LogP contribution in [0.25, 0.3) is 10.2 Å². The van der Waals surface area contributed by atoms with Gasteiger partial charge in [-0.2, -0.15) is 0 Å². The Hall–Kier alpha value is -3.94. The van der Waals surface area contributed by atoms with E-state index in [2.05, 4.69) is 30.9 Å². The largest absolute Gasteiger partial charge is 0.476 e. The van der Waals surface area contributed by atoms with E-state index in [-0.39, 0.29) is 6.10 Å². The fourth-order valence-electron chi connectivity index (χ4n) is 4.12. The number of fused-ring (bicyclic) bond motifs is 1. The molecule has 39 heavy (non-hydrogen) atoms. The molecule has 13 heteroatoms. The van der Waals surface area contributed by atoms with E-state index in [1.54, 1.807) is 24.5 Å². The number of rotatable bonds is 10. The van der Waals surface area contributed by atoms with Crippen LogP contribution in [0.5, 0.6) is 5.88 Å². The van der Waals surface area contributed by atoms with Gasteiger partial charge in [0, 0.05) is 55.2 Å². The minimum absolute atomic E-state index is 0.143. The SMILES string of the molecule is CCOC(=O)c1cnc(N(C)Cc2cc3nc(N4CCOC(c5ccc(OCCN)nc5)C4)ncc3s2)nc1. The van der Waals surface area contributed by atoms with Gasteiger partial charge in [0.05, 0.1) is 48.3 Å². The molecule has 0 aromatic carbocycles. The quantitative estimate of drug-likeness (QED) is 0.290. The summed E-state index contributed by atoms with van der Waals surface area (Å²) in [6, 6.07) is 5.86. The summed E-state index contributed by atoms with van der Waals surface area (Å²) in [5, 5.41) is 0. The van der Waals surface area contributed by atoms with Gasteiger partial charge in [-0.1, -0.05) is 0 Å². The zero-order valence-corrected chi connectivity index (χ0v) is 22.6. The lowest BCUT2D eigenvalue weighted by Crippen LogP contribution is -2.39. The first-order valence-corrected chi connectivity index (χ1v) is 13.5. The minimum Gasteiger partial charge on any atom is -0.476 e. The number of ether oxygens (including phenoxy) is 3. The van der Waals surface area contributed by atoms with Gasteiger partial charge in [-0.3, -0.25) is 0 Å². The molecule has 12 nitrogen and oxygen atoms in total. The molecule has 1 atom stereocenters. The van der Waals surface area contributed by atoms with E-state index in [0.29, 0.717) is 69.3 Å². The molecule has 1 fully saturated rings. The number of esters is 1. The van der Waals surface area contributed by atoms with Gasteiger partial charge in [-0.05, 0) is 19.1 Å². The highest BCUT2D eigenvalue weighted by Crippen LogP contribution is 2.29. The molecule has 1 aliphatic heterocycles. The van der Waals surface area contributed by atoms with Crippen molar-refractivity contribution in [3.63, 3.8) is 0 Å². The number of carbonyl (C=O) groups excluding carboxylic acids is 1. The summed E-state index contributed by atoms with van der Waals surface area (Å²) in [6.45, 7) is 5.41. The third kappa shape index (κ3) is 6.38. The van der Waals surface area contributed by atoms with Crippen LogP contribution in [0.1, 0.15) is 33.8 Å². The highest BCUT2D eigenvalue weighted by Gasteiger charge is 2.24. The van der Waals surface area contributed by atoms with Crippen LogP contribution < -0.4 is 20.3 Å². The van der Waals surface area contributed by atoms with Crippen molar-refractivity contribution < 1.29 is 19.0 Å². The highest BCUT2D eigenvalue weighted by molar-refractivity contribution is 7.19. The summed E-state index contributed by atoms with van der Waals surface area (Å²) >= 11 is 1.63. The number of hydrogen-bond acceptors (Lipinski definition) is 13. The maximum Gasteiger partial charge on any atom is 0.341 e. The van der Waals surface area contributed by atoms with E-state index in [1.165, 1.54) is 12.4 Å². The number of anilines is 2. The van der Waals surface area contributed by atoms with E-state index >= 15 is 0 Å². The fourth-order valence-corrected chi connectivity index (χ4v) is 5.14. The molecule has 0 bridgehead atoms. The van der Waals surface area contributed by atoms with Crippen LogP contribution in [0.3, 0.4) is 0 Å². The summed E-state index contributed by atoms with van der Waals surface area (Å²) in [6.07, 6.45) is 6.46. The predicted octanol–water partition coefficient (Wildman–Crippen LogP) is 2.60. The van der Waals surface area contributed by atoms with Crippen molar-refractivity contribution in [2.24, 2.45) is 5.73 Å². The van der Waals surface area contributed by atoms with Crippen molar-refractivity contribution in [1.29, 1.82) is 0 Å². The maximum atomic E-state index is 11.8. The topological polar surface area (TPSA) is 142 Å². The molecule has 0 spiro atoms. The Bertz CT molecular complexity index is 1400. The summed E-state index contributed by atoms with van der Waals surface area (Å²) in [7, 11) is 1.90. The van der Waals surface area contributed by atoms with Crippen LogP contribution >= 0.6 is 11.3 Å². The monoisotopic (exact) mass is 550 g/mol. The lowest BCUT2D eigenvalue weighted by atomic mass is 10.1. The highest BCUT2D eigenvalue weighted by atomic mass is 32.1. The normalized spacial score (nSPS) is 15.4. The number of morpholine rings is 1. The molecule has 4 aromatic heterocycles. The molecular weight excluding hydrogens is 520 g/mol. The van der Waals surface area contributed by atoms with Gasteiger partial charge in [0.1, 0.15) is 12.7 Å². The number of carbonyl (C=O) groups is 1. The number of thiophene rings is 1. The van der Waals surface area contributed by atoms with Gasteiger partial charge in [-0.25, -0.2) is 29.7 Å². The van der Waals surface area contributed by atoms with Crippen molar-refractivity contribution in [2.75, 3.05) is 56.3 Å². The lowest BCUT2D eigenvalue weighted by Gasteiger charge is -2.33. The van der Waals surface area contributed by atoms with Crippen LogP contribution in [-0.2, 0) is 16.0 Å². The molecule has 4 aromatic rings. The van der Waals surface area contributed by atoms with Gasteiger partial charge >= 0.3 is 5.97 Å². The first kappa shape index (κ1) is 26.7. The summed E-state index contributed by atoms with van der Waals surface area (Å²) in [4.78, 5) is 39.5. The summed E-state index contributed by atoms with van der Waals surface area (Å²) in [5.74, 6) is 1.30. The van der Waals surface area contributed by atoms with Crippen molar-refractivity contribution >= 4 is 39.4 Å². The zero-order valence-electron chi connectivity index (χ0n) is 21.8. The molecule has 0 radical (unpaired) electrons. The first-order chi connectivity index (χ1) is 19.0. The predicted molar refractivity (Wildman–Crippen MR) is 147 cm³/mol. The Morgan fingerprint density at radius 2 is 2.05 bits per heavy atom. The van der Waals surface area contributed by atoms with Gasteiger partial charge in [0.15, 0.2) is 0 Å². The van der Waals surface area contributed by atoms with Gasteiger partial charge in [0.25, 0.3) is 0 Å². The van der Waals surface area contributed by atoms with Gasteiger partial charge < -0.3 is 29.7 Å². The molecule has 2 N–H and O–H groups in total. The van der Waals surface area contributed by atoms with Crippen molar-refractivity contribution in [2.45, 2.75) is 19.6 Å². The average molecular weight is 551 g/mol. The molecule has 1 aliphatic rings.